The van der Waals surface area contributed by atoms with Crippen LogP contribution in [-0.4, -0.2) is 27.5 Å². The number of hydrogen-bond donors (Lipinski definition) is 2. The summed E-state index contributed by atoms with van der Waals surface area (Å²) in [4.78, 5) is 32.3. The summed E-state index contributed by atoms with van der Waals surface area (Å²) in [5.74, 6) is 0.436. The number of nitrogens with one attached hydrogen (secondary N) is 2. The molecule has 1 heterocycles. The second kappa shape index (κ2) is 12.8. The molecule has 0 radical (unpaired) electrons. The molecule has 0 bridgehead atoms. The van der Waals surface area contributed by atoms with E-state index >= 15 is 0 Å². The average Bonchev–Trinajstić information content (AvgIpc) is 2.90. The first-order valence-corrected chi connectivity index (χ1v) is 12.7. The maximum atomic E-state index is 13.1. The van der Waals surface area contributed by atoms with E-state index in [0.29, 0.717) is 28.5 Å². The van der Waals surface area contributed by atoms with E-state index in [9.17, 15) is 22.8 Å². The predicted octanol–water partition coefficient (Wildman–Crippen LogP) is 7.22. The van der Waals surface area contributed by atoms with Crippen LogP contribution in [0.25, 0.3) is 0 Å². The molecule has 1 aromatic heterocycles. The van der Waals surface area contributed by atoms with Crippen molar-refractivity contribution in [3.05, 3.63) is 101 Å². The lowest BCUT2D eigenvalue weighted by molar-refractivity contribution is -0.137. The number of hydrogen-bond acceptors (Lipinski definition) is 6. The van der Waals surface area contributed by atoms with E-state index in [0.717, 1.165) is 12.1 Å². The molecule has 4 rings (SSSR count). The molecule has 0 aliphatic rings. The molecule has 40 heavy (non-hydrogen) atoms. The van der Waals surface area contributed by atoms with Crippen LogP contribution in [0.4, 0.5) is 30.4 Å². The van der Waals surface area contributed by atoms with Crippen LogP contribution in [0, 0.1) is 0 Å². The lowest BCUT2D eigenvalue weighted by Gasteiger charge is -2.11. The van der Waals surface area contributed by atoms with Gasteiger partial charge < -0.3 is 15.4 Å². The zero-order valence-electron chi connectivity index (χ0n) is 20.6. The van der Waals surface area contributed by atoms with Gasteiger partial charge in [0.05, 0.1) is 10.6 Å². The molecule has 0 unspecified atom stereocenters. The van der Waals surface area contributed by atoms with Crippen molar-refractivity contribution < 1.29 is 27.5 Å². The van der Waals surface area contributed by atoms with Crippen LogP contribution in [-0.2, 0) is 28.6 Å². The molecule has 0 saturated heterocycles. The van der Waals surface area contributed by atoms with Crippen LogP contribution in [0.1, 0.15) is 16.7 Å². The van der Waals surface area contributed by atoms with Gasteiger partial charge in [0.15, 0.2) is 0 Å². The van der Waals surface area contributed by atoms with Gasteiger partial charge in [-0.1, -0.05) is 35.9 Å². The Hall–Kier alpha value is -4.15. The van der Waals surface area contributed by atoms with Crippen molar-refractivity contribution in [1.29, 1.82) is 0 Å². The van der Waals surface area contributed by atoms with E-state index in [2.05, 4.69) is 20.6 Å². The molecule has 4 aromatic rings. The van der Waals surface area contributed by atoms with Gasteiger partial charge in [0, 0.05) is 30.3 Å². The second-order valence-electron chi connectivity index (χ2n) is 8.58. The Bertz CT molecular complexity index is 1520. The zero-order valence-corrected chi connectivity index (χ0v) is 22.1. The highest BCUT2D eigenvalue weighted by molar-refractivity contribution is 6.31. The number of nitrogens with zero attached hydrogens (tertiary/aromatic N) is 2. The summed E-state index contributed by atoms with van der Waals surface area (Å²) in [5.41, 5.74) is 1.18. The number of rotatable bonds is 10. The molecule has 0 fully saturated rings. The Morgan fingerprint density at radius 2 is 1.57 bits per heavy atom. The summed E-state index contributed by atoms with van der Waals surface area (Å²) in [6.07, 6.45) is -3.39. The normalized spacial score (nSPS) is 11.1. The quantitative estimate of drug-likeness (QED) is 0.190. The summed E-state index contributed by atoms with van der Waals surface area (Å²) in [5, 5.41) is 5.36. The molecule has 3 aromatic carbocycles. The van der Waals surface area contributed by atoms with Crippen molar-refractivity contribution >= 4 is 52.1 Å². The third-order valence-electron chi connectivity index (χ3n) is 5.47. The fraction of sp³-hybridized carbons (Fsp3) is 0.143. The van der Waals surface area contributed by atoms with Gasteiger partial charge in [-0.15, -0.1) is 11.6 Å². The number of halogens is 5. The van der Waals surface area contributed by atoms with E-state index in [1.165, 1.54) is 12.4 Å². The van der Waals surface area contributed by atoms with Crippen LogP contribution < -0.4 is 15.4 Å². The number of alkyl halides is 4. The van der Waals surface area contributed by atoms with Crippen molar-refractivity contribution in [2.75, 3.05) is 16.5 Å². The Kier molecular flexibility index (Phi) is 9.23. The molecule has 7 nitrogen and oxygen atoms in total. The highest BCUT2D eigenvalue weighted by Gasteiger charge is 2.33. The number of amides is 1. The number of carbonyl (C=O) groups excluding carboxylic acids is 2. The molecule has 0 aliphatic carbocycles. The van der Waals surface area contributed by atoms with Gasteiger partial charge in [0.2, 0.25) is 11.8 Å². The molecule has 12 heteroatoms. The summed E-state index contributed by atoms with van der Waals surface area (Å²) in [6.45, 7) is 0. The summed E-state index contributed by atoms with van der Waals surface area (Å²) < 4.78 is 45.0. The van der Waals surface area contributed by atoms with Crippen molar-refractivity contribution in [3.8, 4) is 11.6 Å². The maximum absolute atomic E-state index is 13.1. The standard InChI is InChI=1S/C28H21Cl2F3N4O3/c29-15-26(39)37-20-3-1-2-19(13-20)36-25-14-27(35-16-34-25)40-22-7-4-17(5-8-22)10-21(38)11-18-6-9-24(30)23(12-18)28(31,32)33/h1-9,12-14,16H,10-11,15H2,(H,37,39)(H,34,35,36). The Morgan fingerprint density at radius 1 is 0.875 bits per heavy atom. The molecule has 206 valence electrons. The number of carbonyl (C=O) groups is 2. The minimum atomic E-state index is -4.60. The van der Waals surface area contributed by atoms with E-state index < -0.39 is 16.8 Å². The molecule has 0 spiro atoms. The fourth-order valence-electron chi connectivity index (χ4n) is 3.69. The number of ether oxygens (including phenoxy) is 1. The first-order chi connectivity index (χ1) is 19.1. The van der Waals surface area contributed by atoms with E-state index in [1.807, 2.05) is 0 Å². The van der Waals surface area contributed by atoms with Crippen LogP contribution in [0.5, 0.6) is 11.6 Å². The topological polar surface area (TPSA) is 93.2 Å². The first-order valence-electron chi connectivity index (χ1n) is 11.8. The molecular weight excluding hydrogens is 568 g/mol. The molecule has 0 aliphatic heterocycles. The summed E-state index contributed by atoms with van der Waals surface area (Å²) in [7, 11) is 0. The SMILES string of the molecule is O=C(Cc1ccc(Oc2cc(Nc3cccc(NC(=O)CCl)c3)ncn2)cc1)Cc1ccc(Cl)c(C(F)(F)F)c1. The van der Waals surface area contributed by atoms with Gasteiger partial charge >= 0.3 is 6.18 Å². The van der Waals surface area contributed by atoms with Crippen LogP contribution in [0.2, 0.25) is 5.02 Å². The van der Waals surface area contributed by atoms with Gasteiger partial charge in [-0.25, -0.2) is 9.97 Å². The first kappa shape index (κ1) is 28.8. The lowest BCUT2D eigenvalue weighted by atomic mass is 10.0. The van der Waals surface area contributed by atoms with Crippen LogP contribution >= 0.6 is 23.2 Å². The monoisotopic (exact) mass is 588 g/mol. The number of Topliss-reactive ketones (excluding diaryl/α,β-unsaturated/α-hetero) is 1. The van der Waals surface area contributed by atoms with E-state index in [4.69, 9.17) is 27.9 Å². The highest BCUT2D eigenvalue weighted by Crippen LogP contribution is 2.35. The van der Waals surface area contributed by atoms with Gasteiger partial charge in [-0.2, -0.15) is 13.2 Å². The maximum Gasteiger partial charge on any atom is 0.417 e. The molecule has 0 saturated carbocycles. The minimum Gasteiger partial charge on any atom is -0.439 e. The van der Waals surface area contributed by atoms with Crippen molar-refractivity contribution in [2.24, 2.45) is 0 Å². The number of ketones is 1. The Morgan fingerprint density at radius 3 is 2.30 bits per heavy atom. The van der Waals surface area contributed by atoms with Crippen molar-refractivity contribution in [3.63, 3.8) is 0 Å². The number of aromatic nitrogens is 2. The van der Waals surface area contributed by atoms with E-state index in [-0.39, 0.29) is 41.9 Å². The molecular formula is C28H21Cl2F3N4O3. The van der Waals surface area contributed by atoms with Gasteiger partial charge in [-0.05, 0) is 53.6 Å². The summed E-state index contributed by atoms with van der Waals surface area (Å²) in [6, 6.07) is 18.7. The van der Waals surface area contributed by atoms with Crippen LogP contribution in [0.15, 0.2) is 79.1 Å². The highest BCUT2D eigenvalue weighted by atomic mass is 35.5. The lowest BCUT2D eigenvalue weighted by Crippen LogP contribution is -2.12. The van der Waals surface area contributed by atoms with Gasteiger partial charge in [0.1, 0.15) is 29.6 Å². The Balaban J connectivity index is 1.35. The smallest absolute Gasteiger partial charge is 0.417 e. The molecule has 0 atom stereocenters. The number of anilines is 3. The van der Waals surface area contributed by atoms with E-state index in [1.54, 1.807) is 54.6 Å². The number of benzene rings is 3. The summed E-state index contributed by atoms with van der Waals surface area (Å²) >= 11 is 11.2. The van der Waals surface area contributed by atoms with Crippen LogP contribution in [0.3, 0.4) is 0 Å². The fourth-order valence-corrected chi connectivity index (χ4v) is 3.99. The molecule has 2 N–H and O–H groups in total. The Labute approximate surface area is 237 Å². The average molecular weight is 589 g/mol. The zero-order chi connectivity index (χ0) is 28.7. The second-order valence-corrected chi connectivity index (χ2v) is 9.25. The third-order valence-corrected chi connectivity index (χ3v) is 6.04. The van der Waals surface area contributed by atoms with Crippen molar-refractivity contribution in [2.45, 2.75) is 19.0 Å². The molecule has 1 amide bonds. The van der Waals surface area contributed by atoms with Gasteiger partial charge in [0.25, 0.3) is 0 Å². The minimum absolute atomic E-state index is 0.0379. The third kappa shape index (κ3) is 8.17. The predicted molar refractivity (Wildman–Crippen MR) is 146 cm³/mol. The van der Waals surface area contributed by atoms with Crippen molar-refractivity contribution in [1.82, 2.24) is 9.97 Å². The van der Waals surface area contributed by atoms with Gasteiger partial charge in [-0.3, -0.25) is 9.59 Å². The largest absolute Gasteiger partial charge is 0.439 e.